The number of alkyl halides is 3. The Kier molecular flexibility index (Phi) is 5.47. The first kappa shape index (κ1) is 18.7. The summed E-state index contributed by atoms with van der Waals surface area (Å²) in [7, 11) is 0. The molecule has 1 heterocycles. The van der Waals surface area contributed by atoms with Crippen LogP contribution in [0.15, 0.2) is 0 Å². The summed E-state index contributed by atoms with van der Waals surface area (Å²) in [6.45, 7) is 5.08. The average molecular weight is 321 g/mol. The molecule has 1 saturated heterocycles. The van der Waals surface area contributed by atoms with Gasteiger partial charge in [-0.2, -0.15) is 18.4 Å². The second-order valence-corrected chi connectivity index (χ2v) is 6.32. The largest absolute Gasteiger partial charge is 0.417 e. The van der Waals surface area contributed by atoms with Gasteiger partial charge in [-0.15, -0.1) is 0 Å². The highest BCUT2D eigenvalue weighted by atomic mass is 19.4. The number of likely N-dealkylation sites (tertiary alicyclic amines) is 1. The first-order chi connectivity index (χ1) is 9.93. The number of hydrogen-bond acceptors (Lipinski definition) is 4. The van der Waals surface area contributed by atoms with Gasteiger partial charge in [-0.25, -0.2) is 0 Å². The minimum Gasteiger partial charge on any atom is -0.380 e. The molecule has 1 unspecified atom stereocenters. The number of amides is 1. The molecular formula is C14H22F3N3O2. The van der Waals surface area contributed by atoms with Crippen molar-refractivity contribution in [2.24, 2.45) is 5.92 Å². The fraction of sp³-hybridized carbons (Fsp3) is 0.857. The third-order valence-corrected chi connectivity index (χ3v) is 4.36. The number of nitrogens with one attached hydrogen (secondary N) is 1. The lowest BCUT2D eigenvalue weighted by atomic mass is 9.89. The van der Waals surface area contributed by atoms with Gasteiger partial charge >= 0.3 is 6.18 Å². The minimum absolute atomic E-state index is 0.0195. The Balaban J connectivity index is 2.55. The topological polar surface area (TPSA) is 76.4 Å². The van der Waals surface area contributed by atoms with Crippen molar-refractivity contribution in [3.05, 3.63) is 0 Å². The van der Waals surface area contributed by atoms with Gasteiger partial charge in [0.25, 0.3) is 0 Å². The molecule has 1 atom stereocenters. The van der Waals surface area contributed by atoms with Gasteiger partial charge in [-0.1, -0.05) is 13.8 Å². The predicted octanol–water partition coefficient (Wildman–Crippen LogP) is 1.43. The van der Waals surface area contributed by atoms with Crippen LogP contribution in [0.3, 0.4) is 0 Å². The molecule has 2 N–H and O–H groups in total. The van der Waals surface area contributed by atoms with Crippen LogP contribution in [0.25, 0.3) is 0 Å². The fourth-order valence-corrected chi connectivity index (χ4v) is 2.20. The van der Waals surface area contributed by atoms with Crippen molar-refractivity contribution in [1.82, 2.24) is 10.2 Å². The van der Waals surface area contributed by atoms with Crippen LogP contribution >= 0.6 is 0 Å². The van der Waals surface area contributed by atoms with Gasteiger partial charge in [-0.3, -0.25) is 9.69 Å². The van der Waals surface area contributed by atoms with Crippen LogP contribution in [0.5, 0.6) is 0 Å². The Labute approximate surface area is 128 Å². The Hall–Kier alpha value is -1.33. The zero-order chi connectivity index (χ0) is 17.2. The Morgan fingerprint density at radius 2 is 1.91 bits per heavy atom. The number of nitriles is 1. The maximum absolute atomic E-state index is 12.7. The molecule has 0 radical (unpaired) electrons. The molecule has 0 spiro atoms. The monoisotopic (exact) mass is 321 g/mol. The molecule has 0 bridgehead atoms. The molecule has 1 amide bonds. The molecule has 8 heteroatoms. The van der Waals surface area contributed by atoms with Gasteiger partial charge in [0.2, 0.25) is 5.91 Å². The number of aliphatic hydroxyl groups is 1. The van der Waals surface area contributed by atoms with E-state index in [0.717, 1.165) is 0 Å². The smallest absolute Gasteiger partial charge is 0.380 e. The summed E-state index contributed by atoms with van der Waals surface area (Å²) in [5.74, 6) is -0.506. The summed E-state index contributed by atoms with van der Waals surface area (Å²) in [5.41, 5.74) is -3.68. The van der Waals surface area contributed by atoms with Crippen LogP contribution in [-0.4, -0.2) is 52.9 Å². The Morgan fingerprint density at radius 1 is 1.41 bits per heavy atom. The van der Waals surface area contributed by atoms with E-state index in [-0.39, 0.29) is 25.6 Å². The molecule has 126 valence electrons. The summed E-state index contributed by atoms with van der Waals surface area (Å²) >= 11 is 0. The summed E-state index contributed by atoms with van der Waals surface area (Å²) in [6, 6.07) is 2.04. The summed E-state index contributed by atoms with van der Waals surface area (Å²) < 4.78 is 38.1. The number of hydrogen-bond donors (Lipinski definition) is 2. The van der Waals surface area contributed by atoms with Gasteiger partial charge in [0, 0.05) is 13.1 Å². The van der Waals surface area contributed by atoms with Crippen molar-refractivity contribution in [2.45, 2.75) is 50.9 Å². The molecule has 1 rings (SSSR count). The van der Waals surface area contributed by atoms with Crippen molar-refractivity contribution in [3.63, 3.8) is 0 Å². The standard InChI is InChI=1S/C14H22F3N3O2/c1-10(2)12(3,9-18)19-11(21)8-20-6-4-13(22,5-7-20)14(15,16)17/h10,22H,4-8H2,1-3H3,(H,19,21). The van der Waals surface area contributed by atoms with E-state index in [4.69, 9.17) is 5.26 Å². The van der Waals surface area contributed by atoms with Crippen molar-refractivity contribution in [1.29, 1.82) is 5.26 Å². The van der Waals surface area contributed by atoms with E-state index >= 15 is 0 Å². The molecule has 0 aromatic rings. The van der Waals surface area contributed by atoms with Crippen LogP contribution in [0.4, 0.5) is 13.2 Å². The highest BCUT2D eigenvalue weighted by Crippen LogP contribution is 2.38. The molecule has 0 aromatic heterocycles. The second kappa shape index (κ2) is 6.42. The van der Waals surface area contributed by atoms with Crippen molar-refractivity contribution in [3.8, 4) is 6.07 Å². The number of nitrogens with zero attached hydrogens (tertiary/aromatic N) is 2. The van der Waals surface area contributed by atoms with Crippen molar-refractivity contribution in [2.75, 3.05) is 19.6 Å². The molecule has 22 heavy (non-hydrogen) atoms. The fourth-order valence-electron chi connectivity index (χ4n) is 2.20. The lowest BCUT2D eigenvalue weighted by molar-refractivity contribution is -0.272. The van der Waals surface area contributed by atoms with Gasteiger partial charge in [0.1, 0.15) is 5.54 Å². The molecule has 1 fully saturated rings. The molecule has 1 aliphatic heterocycles. The zero-order valence-electron chi connectivity index (χ0n) is 13.0. The van der Waals surface area contributed by atoms with Crippen LogP contribution in [0, 0.1) is 17.2 Å². The quantitative estimate of drug-likeness (QED) is 0.821. The number of carbonyl (C=O) groups excluding carboxylic acids is 1. The predicted molar refractivity (Wildman–Crippen MR) is 73.7 cm³/mol. The third-order valence-electron chi connectivity index (χ3n) is 4.36. The normalized spacial score (nSPS) is 22.0. The first-order valence-corrected chi connectivity index (χ1v) is 7.17. The van der Waals surface area contributed by atoms with Crippen LogP contribution in [0.2, 0.25) is 0 Å². The van der Waals surface area contributed by atoms with E-state index in [1.807, 2.05) is 6.07 Å². The molecule has 0 aromatic carbocycles. The van der Waals surface area contributed by atoms with Gasteiger partial charge in [-0.05, 0) is 25.7 Å². The molecule has 0 saturated carbocycles. The van der Waals surface area contributed by atoms with Crippen LogP contribution in [0.1, 0.15) is 33.6 Å². The molecule has 0 aliphatic carbocycles. The van der Waals surface area contributed by atoms with Crippen LogP contribution in [-0.2, 0) is 4.79 Å². The third kappa shape index (κ3) is 4.11. The van der Waals surface area contributed by atoms with Crippen molar-refractivity contribution >= 4 is 5.91 Å². The maximum Gasteiger partial charge on any atom is 0.417 e. The van der Waals surface area contributed by atoms with Gasteiger partial charge < -0.3 is 10.4 Å². The van der Waals surface area contributed by atoms with Gasteiger partial charge in [0.05, 0.1) is 12.6 Å². The van der Waals surface area contributed by atoms with Crippen LogP contribution < -0.4 is 5.32 Å². The highest BCUT2D eigenvalue weighted by Gasteiger charge is 2.54. The summed E-state index contributed by atoms with van der Waals surface area (Å²) in [4.78, 5) is 13.5. The van der Waals surface area contributed by atoms with E-state index in [0.29, 0.717) is 0 Å². The average Bonchev–Trinajstić information content (AvgIpc) is 2.39. The number of rotatable bonds is 4. The summed E-state index contributed by atoms with van der Waals surface area (Å²) in [6.07, 6.45) is -5.56. The maximum atomic E-state index is 12.7. The lowest BCUT2D eigenvalue weighted by Gasteiger charge is -2.39. The number of piperidine rings is 1. The minimum atomic E-state index is -4.65. The lowest BCUT2D eigenvalue weighted by Crippen LogP contribution is -2.56. The van der Waals surface area contributed by atoms with E-state index < -0.39 is 36.1 Å². The summed E-state index contributed by atoms with van der Waals surface area (Å²) in [5, 5.41) is 21.3. The Bertz CT molecular complexity index is 451. The number of carbonyl (C=O) groups is 1. The van der Waals surface area contributed by atoms with E-state index in [1.54, 1.807) is 25.7 Å². The van der Waals surface area contributed by atoms with Gasteiger partial charge in [0.15, 0.2) is 5.60 Å². The Morgan fingerprint density at radius 3 is 2.27 bits per heavy atom. The van der Waals surface area contributed by atoms with Crippen molar-refractivity contribution < 1.29 is 23.1 Å². The zero-order valence-corrected chi connectivity index (χ0v) is 13.0. The molecular weight excluding hydrogens is 299 g/mol. The van der Waals surface area contributed by atoms with E-state index in [2.05, 4.69) is 5.32 Å². The second-order valence-electron chi connectivity index (χ2n) is 6.32. The van der Waals surface area contributed by atoms with E-state index in [1.165, 1.54) is 0 Å². The molecule has 1 aliphatic rings. The molecule has 5 nitrogen and oxygen atoms in total. The van der Waals surface area contributed by atoms with E-state index in [9.17, 15) is 23.1 Å². The number of halogens is 3. The SMILES string of the molecule is CC(C)C(C)(C#N)NC(=O)CN1CCC(O)(C(F)(F)F)CC1. The first-order valence-electron chi connectivity index (χ1n) is 7.17. The highest BCUT2D eigenvalue weighted by molar-refractivity contribution is 5.79.